The van der Waals surface area contributed by atoms with Crippen molar-refractivity contribution < 1.29 is 24.0 Å². The number of aliphatic hydroxyl groups excluding tert-OH is 1. The van der Waals surface area contributed by atoms with Gasteiger partial charge in [-0.2, -0.15) is 0 Å². The van der Waals surface area contributed by atoms with Crippen LogP contribution in [-0.4, -0.2) is 28.6 Å². The number of rotatable bonds is 8. The number of ether oxygens (including phenoxy) is 1. The number of carbonyl (C=O) groups excluding carboxylic acids is 2. The topological polar surface area (TPSA) is 92.9 Å². The van der Waals surface area contributed by atoms with Gasteiger partial charge in [0.1, 0.15) is 17.3 Å². The van der Waals surface area contributed by atoms with Gasteiger partial charge in [0.2, 0.25) is 0 Å². The Labute approximate surface area is 192 Å². The van der Waals surface area contributed by atoms with Crippen LogP contribution in [0, 0.1) is 6.92 Å². The third-order valence-corrected chi connectivity index (χ3v) is 5.57. The molecule has 2 aromatic carbocycles. The Kier molecular flexibility index (Phi) is 6.58. The molecule has 1 atom stereocenters. The molecule has 0 radical (unpaired) electrons. The predicted octanol–water partition coefficient (Wildman–Crippen LogP) is 5.18. The van der Waals surface area contributed by atoms with Gasteiger partial charge >= 0.3 is 5.91 Å². The summed E-state index contributed by atoms with van der Waals surface area (Å²) >= 11 is 0. The van der Waals surface area contributed by atoms with E-state index in [1.54, 1.807) is 61.5 Å². The molecule has 1 aliphatic rings. The van der Waals surface area contributed by atoms with E-state index >= 15 is 0 Å². The average Bonchev–Trinajstić information content (AvgIpc) is 3.38. The fourth-order valence-corrected chi connectivity index (χ4v) is 3.89. The molecule has 3 aromatic rings. The van der Waals surface area contributed by atoms with Gasteiger partial charge in [0.05, 0.1) is 18.2 Å². The molecule has 1 fully saturated rings. The van der Waals surface area contributed by atoms with Gasteiger partial charge in [-0.25, -0.2) is 0 Å². The molecule has 0 aliphatic carbocycles. The van der Waals surface area contributed by atoms with Crippen molar-refractivity contribution >= 4 is 23.3 Å². The van der Waals surface area contributed by atoms with E-state index in [9.17, 15) is 14.7 Å². The first-order valence-corrected chi connectivity index (χ1v) is 11.0. The maximum absolute atomic E-state index is 13.1. The molecule has 33 heavy (non-hydrogen) atoms. The number of aliphatic hydroxyl groups is 1. The molecule has 1 aliphatic heterocycles. The molecule has 1 saturated heterocycles. The summed E-state index contributed by atoms with van der Waals surface area (Å²) in [5.74, 6) is -0.364. The van der Waals surface area contributed by atoms with Gasteiger partial charge in [-0.05, 0) is 31.0 Å². The number of ketones is 1. The van der Waals surface area contributed by atoms with Gasteiger partial charge in [0, 0.05) is 11.6 Å². The molecule has 1 amide bonds. The highest BCUT2D eigenvalue weighted by molar-refractivity contribution is 6.51. The second-order valence-corrected chi connectivity index (χ2v) is 7.96. The number of Topliss-reactive ketones (excluding diaryl/α,β-unsaturated/α-hetero) is 1. The monoisotopic (exact) mass is 446 g/mol. The quantitative estimate of drug-likeness (QED) is 0.222. The summed E-state index contributed by atoms with van der Waals surface area (Å²) in [4.78, 5) is 27.4. The Bertz CT molecular complexity index is 1160. The molecule has 0 bridgehead atoms. The Morgan fingerprint density at radius 1 is 1.09 bits per heavy atom. The van der Waals surface area contributed by atoms with Crippen LogP contribution in [0.3, 0.4) is 0 Å². The number of carbonyl (C=O) groups is 2. The largest absolute Gasteiger partial charge is 0.507 e. The third-order valence-electron chi connectivity index (χ3n) is 5.57. The van der Waals surface area contributed by atoms with Gasteiger partial charge in [-0.1, -0.05) is 67.4 Å². The van der Waals surface area contributed by atoms with E-state index in [2.05, 4.69) is 12.1 Å². The molecule has 170 valence electrons. The smallest absolute Gasteiger partial charge is 0.301 e. The Morgan fingerprint density at radius 2 is 1.82 bits per heavy atom. The summed E-state index contributed by atoms with van der Waals surface area (Å²) in [7, 11) is 0. The fourth-order valence-electron chi connectivity index (χ4n) is 3.89. The Hall–Kier alpha value is -3.87. The number of hydrogen-bond acceptors (Lipinski definition) is 6. The highest BCUT2D eigenvalue weighted by atomic mass is 16.5. The molecular weight excluding hydrogens is 420 g/mol. The number of benzene rings is 2. The number of unbranched alkanes of at least 4 members (excludes halogenated alkanes) is 2. The molecule has 7 nitrogen and oxygen atoms in total. The molecule has 4 rings (SSSR count). The van der Waals surface area contributed by atoms with E-state index in [-0.39, 0.29) is 17.2 Å². The molecule has 7 heteroatoms. The van der Waals surface area contributed by atoms with Crippen LogP contribution >= 0.6 is 0 Å². The van der Waals surface area contributed by atoms with E-state index < -0.39 is 17.7 Å². The molecule has 1 N–H and O–H groups in total. The number of amides is 1. The van der Waals surface area contributed by atoms with Crippen LogP contribution in [0.1, 0.15) is 49.1 Å². The lowest BCUT2D eigenvalue weighted by Crippen LogP contribution is -2.29. The van der Waals surface area contributed by atoms with Crippen LogP contribution in [0.2, 0.25) is 0 Å². The Morgan fingerprint density at radius 3 is 2.45 bits per heavy atom. The predicted molar refractivity (Wildman–Crippen MR) is 124 cm³/mol. The van der Waals surface area contributed by atoms with Crippen molar-refractivity contribution in [1.29, 1.82) is 0 Å². The lowest BCUT2D eigenvalue weighted by atomic mass is 9.95. The molecule has 2 heterocycles. The van der Waals surface area contributed by atoms with E-state index in [0.29, 0.717) is 29.2 Å². The molecule has 0 spiro atoms. The van der Waals surface area contributed by atoms with Crippen LogP contribution in [0.5, 0.6) is 5.75 Å². The normalized spacial score (nSPS) is 17.5. The highest BCUT2D eigenvalue weighted by Gasteiger charge is 2.48. The van der Waals surface area contributed by atoms with Gasteiger partial charge in [0.25, 0.3) is 5.78 Å². The lowest BCUT2D eigenvalue weighted by molar-refractivity contribution is -0.132. The van der Waals surface area contributed by atoms with Crippen LogP contribution in [0.4, 0.5) is 5.82 Å². The van der Waals surface area contributed by atoms with E-state index in [0.717, 1.165) is 19.3 Å². The van der Waals surface area contributed by atoms with Crippen molar-refractivity contribution in [1.82, 2.24) is 5.16 Å². The van der Waals surface area contributed by atoms with Crippen LogP contribution < -0.4 is 9.64 Å². The van der Waals surface area contributed by atoms with Crippen molar-refractivity contribution in [2.45, 2.75) is 39.2 Å². The van der Waals surface area contributed by atoms with E-state index in [1.807, 2.05) is 6.07 Å². The molecule has 0 unspecified atom stereocenters. The minimum Gasteiger partial charge on any atom is -0.507 e. The third kappa shape index (κ3) is 4.53. The first-order valence-electron chi connectivity index (χ1n) is 11.0. The van der Waals surface area contributed by atoms with E-state index in [4.69, 9.17) is 9.26 Å². The van der Waals surface area contributed by atoms with Crippen LogP contribution in [0.25, 0.3) is 5.76 Å². The molecular formula is C26H26N2O5. The summed E-state index contributed by atoms with van der Waals surface area (Å²) < 4.78 is 10.9. The van der Waals surface area contributed by atoms with Gasteiger partial charge in [-0.15, -0.1) is 0 Å². The second kappa shape index (κ2) is 9.73. The number of aromatic nitrogens is 1. The van der Waals surface area contributed by atoms with Crippen molar-refractivity contribution in [2.24, 2.45) is 0 Å². The zero-order valence-electron chi connectivity index (χ0n) is 18.7. The maximum Gasteiger partial charge on any atom is 0.301 e. The number of nitrogens with zero attached hydrogens (tertiary/aromatic N) is 2. The summed E-state index contributed by atoms with van der Waals surface area (Å²) in [5.41, 5.74) is 1.10. The standard InChI is InChI=1S/C26H26N2O5/c1-3-4-8-15-32-20-13-11-18(12-14-20)23-22(24(29)19-9-6-5-7-10-19)25(30)26(31)28(23)21-16-17(2)33-27-21/h5-7,9-14,16,23,29H,3-4,8,15H2,1-2H3/t23-/m0/s1. The second-order valence-electron chi connectivity index (χ2n) is 7.96. The van der Waals surface area contributed by atoms with Crippen molar-refractivity contribution in [3.8, 4) is 5.75 Å². The number of aryl methyl sites for hydroxylation is 1. The minimum absolute atomic E-state index is 0.00321. The van der Waals surface area contributed by atoms with Crippen molar-refractivity contribution in [2.75, 3.05) is 11.5 Å². The number of anilines is 1. The SMILES string of the molecule is CCCCCOc1ccc([C@H]2C(=C(O)c3ccccc3)C(=O)C(=O)N2c2cc(C)on2)cc1. The molecule has 0 saturated carbocycles. The summed E-state index contributed by atoms with van der Waals surface area (Å²) in [5, 5.41) is 15.0. The van der Waals surface area contributed by atoms with Crippen molar-refractivity contribution in [3.63, 3.8) is 0 Å². The van der Waals surface area contributed by atoms with Gasteiger partial charge < -0.3 is 14.4 Å². The summed E-state index contributed by atoms with van der Waals surface area (Å²) in [6.07, 6.45) is 3.19. The van der Waals surface area contributed by atoms with Gasteiger partial charge in [0.15, 0.2) is 5.82 Å². The number of hydrogen-bond donors (Lipinski definition) is 1. The summed E-state index contributed by atoms with van der Waals surface area (Å²) in [6.45, 7) is 4.46. The average molecular weight is 447 g/mol. The first kappa shape index (κ1) is 22.3. The Balaban J connectivity index is 1.75. The van der Waals surface area contributed by atoms with Crippen LogP contribution in [-0.2, 0) is 9.59 Å². The lowest BCUT2D eigenvalue weighted by Gasteiger charge is -2.23. The zero-order valence-corrected chi connectivity index (χ0v) is 18.7. The highest BCUT2D eigenvalue weighted by Crippen LogP contribution is 2.42. The van der Waals surface area contributed by atoms with Crippen LogP contribution in [0.15, 0.2) is 70.8 Å². The minimum atomic E-state index is -0.858. The zero-order chi connectivity index (χ0) is 23.4. The van der Waals surface area contributed by atoms with E-state index in [1.165, 1.54) is 4.90 Å². The molecule has 1 aromatic heterocycles. The summed E-state index contributed by atoms with van der Waals surface area (Å²) in [6, 6.07) is 16.6. The van der Waals surface area contributed by atoms with Gasteiger partial charge in [-0.3, -0.25) is 14.5 Å². The van der Waals surface area contributed by atoms with Crippen molar-refractivity contribution in [3.05, 3.63) is 83.1 Å². The maximum atomic E-state index is 13.1. The first-order chi connectivity index (χ1) is 16.0. The fraction of sp³-hybridized carbons (Fsp3) is 0.269.